The summed E-state index contributed by atoms with van der Waals surface area (Å²) < 4.78 is 22.4. The van der Waals surface area contributed by atoms with E-state index in [4.69, 9.17) is 18.9 Å². The summed E-state index contributed by atoms with van der Waals surface area (Å²) in [5.41, 5.74) is 2.23. The zero-order valence-electron chi connectivity index (χ0n) is 17.2. The highest BCUT2D eigenvalue weighted by molar-refractivity contribution is 5.53. The summed E-state index contributed by atoms with van der Waals surface area (Å²) in [4.78, 5) is 0. The van der Waals surface area contributed by atoms with Crippen LogP contribution in [0.5, 0.6) is 11.5 Å². The van der Waals surface area contributed by atoms with Crippen molar-refractivity contribution in [2.75, 3.05) is 26.4 Å². The van der Waals surface area contributed by atoms with Crippen molar-refractivity contribution < 1.29 is 18.9 Å². The first-order valence-corrected chi connectivity index (χ1v) is 9.01. The number of hydrogen-bond donors (Lipinski definition) is 0. The van der Waals surface area contributed by atoms with Crippen molar-refractivity contribution in [2.45, 2.75) is 52.4 Å². The van der Waals surface area contributed by atoms with Crippen LogP contribution in [0.4, 0.5) is 0 Å². The molecule has 0 aromatic heterocycles. The number of rotatable bonds is 10. The molecule has 0 N–H and O–H groups in total. The monoisotopic (exact) mass is 362 g/mol. The average molecular weight is 363 g/mol. The van der Waals surface area contributed by atoms with Gasteiger partial charge in [-0.2, -0.15) is 0 Å². The Balaban J connectivity index is 3.28. The predicted octanol–water partition coefficient (Wildman–Crippen LogP) is 5.36. The van der Waals surface area contributed by atoms with Gasteiger partial charge in [-0.15, -0.1) is 0 Å². The summed E-state index contributed by atoms with van der Waals surface area (Å²) in [6.45, 7) is 21.9. The first-order valence-electron chi connectivity index (χ1n) is 9.01. The highest BCUT2D eigenvalue weighted by atomic mass is 16.5. The van der Waals surface area contributed by atoms with E-state index in [0.717, 1.165) is 17.1 Å². The first-order chi connectivity index (χ1) is 12.1. The van der Waals surface area contributed by atoms with Crippen LogP contribution in [0.3, 0.4) is 0 Å². The lowest BCUT2D eigenvalue weighted by Crippen LogP contribution is -2.20. The fourth-order valence-electron chi connectivity index (χ4n) is 2.41. The quantitative estimate of drug-likeness (QED) is 0.415. The van der Waals surface area contributed by atoms with Gasteiger partial charge < -0.3 is 18.9 Å². The van der Waals surface area contributed by atoms with Crippen molar-refractivity contribution in [1.29, 1.82) is 0 Å². The molecule has 0 aliphatic carbocycles. The van der Waals surface area contributed by atoms with Crippen LogP contribution in [0.15, 0.2) is 37.8 Å². The van der Waals surface area contributed by atoms with Crippen LogP contribution in [-0.2, 0) is 20.3 Å². The van der Waals surface area contributed by atoms with Gasteiger partial charge in [0.15, 0.2) is 11.5 Å². The minimum Gasteiger partial charge on any atom is -0.498 e. The maximum Gasteiger partial charge on any atom is 0.165 e. The molecule has 0 aliphatic rings. The third-order valence-corrected chi connectivity index (χ3v) is 3.87. The first kappa shape index (κ1) is 21.9. The van der Waals surface area contributed by atoms with Crippen LogP contribution in [-0.4, -0.2) is 26.4 Å². The average Bonchev–Trinajstić information content (AvgIpc) is 2.54. The molecule has 1 aromatic carbocycles. The van der Waals surface area contributed by atoms with E-state index >= 15 is 0 Å². The summed E-state index contributed by atoms with van der Waals surface area (Å²) in [6, 6.07) is 4.28. The van der Waals surface area contributed by atoms with Crippen LogP contribution in [0.1, 0.15) is 52.7 Å². The normalized spacial score (nSPS) is 11.6. The van der Waals surface area contributed by atoms with Crippen LogP contribution >= 0.6 is 0 Å². The van der Waals surface area contributed by atoms with Gasteiger partial charge >= 0.3 is 0 Å². The van der Waals surface area contributed by atoms with Gasteiger partial charge in [0.25, 0.3) is 0 Å². The largest absolute Gasteiger partial charge is 0.498 e. The van der Waals surface area contributed by atoms with Crippen LogP contribution < -0.4 is 9.47 Å². The van der Waals surface area contributed by atoms with E-state index in [1.807, 2.05) is 0 Å². The molecule has 0 aliphatic heterocycles. The Morgan fingerprint density at radius 2 is 1.31 bits per heavy atom. The summed E-state index contributed by atoms with van der Waals surface area (Å²) in [7, 11) is 0. The topological polar surface area (TPSA) is 36.9 Å². The second-order valence-electron chi connectivity index (χ2n) is 8.12. The highest BCUT2D eigenvalue weighted by Crippen LogP contribution is 2.42. The molecule has 146 valence electrons. The van der Waals surface area contributed by atoms with Crippen molar-refractivity contribution in [3.05, 3.63) is 48.9 Å². The Morgan fingerprint density at radius 3 is 1.77 bits per heavy atom. The molecule has 1 rings (SSSR count). The molecule has 0 heterocycles. The van der Waals surface area contributed by atoms with E-state index in [9.17, 15) is 0 Å². The molecule has 0 atom stereocenters. The Labute approximate surface area is 158 Å². The minimum absolute atomic E-state index is 0.000206. The predicted molar refractivity (Wildman–Crippen MR) is 107 cm³/mol. The molecular weight excluding hydrogens is 328 g/mol. The Kier molecular flexibility index (Phi) is 8.07. The minimum atomic E-state index is -0.0917. The van der Waals surface area contributed by atoms with Gasteiger partial charge in [0.05, 0.1) is 12.5 Å². The lowest BCUT2D eigenvalue weighted by atomic mass is 9.80. The highest BCUT2D eigenvalue weighted by Gasteiger charge is 2.27. The van der Waals surface area contributed by atoms with Gasteiger partial charge in [0.1, 0.15) is 26.4 Å². The molecule has 0 radical (unpaired) electrons. The van der Waals surface area contributed by atoms with E-state index in [1.165, 1.54) is 18.1 Å². The molecule has 0 bridgehead atoms. The maximum absolute atomic E-state index is 6.06. The molecule has 0 saturated carbocycles. The Hall–Kier alpha value is -2.10. The number of ether oxygens (including phenoxy) is 4. The van der Waals surface area contributed by atoms with Crippen molar-refractivity contribution >= 4 is 0 Å². The van der Waals surface area contributed by atoms with Crippen LogP contribution in [0.2, 0.25) is 0 Å². The third-order valence-electron chi connectivity index (χ3n) is 3.87. The smallest absolute Gasteiger partial charge is 0.165 e. The summed E-state index contributed by atoms with van der Waals surface area (Å²) in [6.07, 6.45) is 2.83. The fraction of sp³-hybridized carbons (Fsp3) is 0.545. The van der Waals surface area contributed by atoms with E-state index in [2.05, 4.69) is 66.8 Å². The standard InChI is InChI=1S/C22H34O4/c1-9-23-11-13-25-19-16-17(21(3,4)5)15-18(22(6,7)8)20(19)26-14-12-24-10-2/h9-10,15-16H,1-2,11-14H2,3-8H3. The molecule has 26 heavy (non-hydrogen) atoms. The van der Waals surface area contributed by atoms with E-state index in [1.54, 1.807) is 0 Å². The zero-order valence-corrected chi connectivity index (χ0v) is 17.2. The van der Waals surface area contributed by atoms with Gasteiger partial charge in [-0.25, -0.2) is 0 Å². The molecule has 0 unspecified atom stereocenters. The molecule has 0 amide bonds. The van der Waals surface area contributed by atoms with Gasteiger partial charge in [-0.3, -0.25) is 0 Å². The Morgan fingerprint density at radius 1 is 0.769 bits per heavy atom. The maximum atomic E-state index is 6.06. The lowest BCUT2D eigenvalue weighted by molar-refractivity contribution is 0.159. The third kappa shape index (κ3) is 6.66. The van der Waals surface area contributed by atoms with Gasteiger partial charge in [-0.05, 0) is 22.5 Å². The molecule has 0 spiro atoms. The Bertz CT molecular complexity index is 591. The van der Waals surface area contributed by atoms with Crippen LogP contribution in [0.25, 0.3) is 0 Å². The zero-order chi connectivity index (χ0) is 19.8. The molecule has 4 heteroatoms. The number of benzene rings is 1. The molecule has 0 fully saturated rings. The van der Waals surface area contributed by atoms with Gasteiger partial charge in [0.2, 0.25) is 0 Å². The second kappa shape index (κ2) is 9.56. The van der Waals surface area contributed by atoms with E-state index < -0.39 is 0 Å². The SMILES string of the molecule is C=COCCOc1cc(C(C)(C)C)cc(C(C)(C)C)c1OCCOC=C. The van der Waals surface area contributed by atoms with E-state index in [0.29, 0.717) is 26.4 Å². The molecule has 4 nitrogen and oxygen atoms in total. The second-order valence-corrected chi connectivity index (χ2v) is 8.12. The summed E-state index contributed by atoms with van der Waals surface area (Å²) in [5, 5.41) is 0. The molecule has 0 saturated heterocycles. The molecule has 1 aromatic rings. The van der Waals surface area contributed by atoms with E-state index in [-0.39, 0.29) is 10.8 Å². The van der Waals surface area contributed by atoms with Crippen molar-refractivity contribution in [3.63, 3.8) is 0 Å². The van der Waals surface area contributed by atoms with Gasteiger partial charge in [0, 0.05) is 5.56 Å². The van der Waals surface area contributed by atoms with Crippen molar-refractivity contribution in [3.8, 4) is 11.5 Å². The van der Waals surface area contributed by atoms with Gasteiger partial charge in [-0.1, -0.05) is 60.8 Å². The van der Waals surface area contributed by atoms with Crippen molar-refractivity contribution in [2.24, 2.45) is 0 Å². The summed E-state index contributed by atoms with van der Waals surface area (Å²) in [5.74, 6) is 1.49. The van der Waals surface area contributed by atoms with Crippen molar-refractivity contribution in [1.82, 2.24) is 0 Å². The fourth-order valence-corrected chi connectivity index (χ4v) is 2.41. The number of hydrogen-bond acceptors (Lipinski definition) is 4. The lowest BCUT2D eigenvalue weighted by Gasteiger charge is -2.29. The molecular formula is C22H34O4. The van der Waals surface area contributed by atoms with Crippen LogP contribution in [0, 0.1) is 0 Å². The summed E-state index contributed by atoms with van der Waals surface area (Å²) >= 11 is 0.